The van der Waals surface area contributed by atoms with Gasteiger partial charge in [0.25, 0.3) is 0 Å². The molecule has 1 N–H and O–H groups in total. The van der Waals surface area contributed by atoms with Crippen LogP contribution < -0.4 is 5.32 Å². The van der Waals surface area contributed by atoms with Crippen molar-refractivity contribution < 1.29 is 4.79 Å². The Morgan fingerprint density at radius 3 is 2.47 bits per heavy atom. The lowest BCUT2D eigenvalue weighted by molar-refractivity contribution is -0.121. The molecule has 0 aliphatic heterocycles. The maximum absolute atomic E-state index is 12.1. The van der Waals surface area contributed by atoms with Gasteiger partial charge in [0, 0.05) is 6.04 Å². The highest BCUT2D eigenvalue weighted by Crippen LogP contribution is 2.18. The van der Waals surface area contributed by atoms with Crippen LogP contribution in [-0.4, -0.2) is 11.9 Å². The molecule has 0 aliphatic rings. The average Bonchev–Trinajstić information content (AvgIpc) is 2.39. The third-order valence-electron chi connectivity index (χ3n) is 3.62. The number of nitrogens with one attached hydrogen (secondary N) is 1. The van der Waals surface area contributed by atoms with Gasteiger partial charge in [0.05, 0.1) is 6.42 Å². The van der Waals surface area contributed by atoms with Crippen LogP contribution >= 0.6 is 0 Å². The van der Waals surface area contributed by atoms with Crippen LogP contribution in [0.15, 0.2) is 42.5 Å². The van der Waals surface area contributed by atoms with Crippen LogP contribution in [-0.2, 0) is 11.2 Å². The molecule has 0 saturated carbocycles. The van der Waals surface area contributed by atoms with Gasteiger partial charge in [-0.15, -0.1) is 0 Å². The molecule has 2 nitrogen and oxygen atoms in total. The summed E-state index contributed by atoms with van der Waals surface area (Å²) in [7, 11) is 0. The van der Waals surface area contributed by atoms with E-state index in [0.29, 0.717) is 12.3 Å². The lowest BCUT2D eigenvalue weighted by Gasteiger charge is -2.17. The van der Waals surface area contributed by atoms with E-state index in [2.05, 4.69) is 37.4 Å². The number of amides is 1. The van der Waals surface area contributed by atoms with Crippen LogP contribution in [0, 0.1) is 5.92 Å². The molecule has 0 heterocycles. The Bertz CT molecular complexity index is 569. The summed E-state index contributed by atoms with van der Waals surface area (Å²) in [5.74, 6) is 0.550. The van der Waals surface area contributed by atoms with Crippen molar-refractivity contribution in [2.45, 2.75) is 33.2 Å². The first-order valence-electron chi connectivity index (χ1n) is 6.84. The molecule has 2 aromatic rings. The number of fused-ring (bicyclic) bond motifs is 1. The van der Waals surface area contributed by atoms with Gasteiger partial charge in [0.1, 0.15) is 0 Å². The molecule has 1 atom stereocenters. The van der Waals surface area contributed by atoms with Crippen molar-refractivity contribution in [1.29, 1.82) is 0 Å². The lowest BCUT2D eigenvalue weighted by atomic mass is 10.0. The number of carbonyl (C=O) groups is 1. The quantitative estimate of drug-likeness (QED) is 0.889. The molecule has 0 saturated heterocycles. The summed E-state index contributed by atoms with van der Waals surface area (Å²) < 4.78 is 0. The van der Waals surface area contributed by atoms with Gasteiger partial charge in [-0.05, 0) is 29.2 Å². The van der Waals surface area contributed by atoms with E-state index in [9.17, 15) is 4.79 Å². The molecule has 2 rings (SSSR count). The van der Waals surface area contributed by atoms with Gasteiger partial charge in [-0.3, -0.25) is 4.79 Å². The first kappa shape index (κ1) is 13.6. The first-order valence-corrected chi connectivity index (χ1v) is 6.84. The Labute approximate surface area is 114 Å². The number of rotatable bonds is 4. The first-order chi connectivity index (χ1) is 9.08. The summed E-state index contributed by atoms with van der Waals surface area (Å²) in [4.78, 5) is 12.1. The summed E-state index contributed by atoms with van der Waals surface area (Å²) in [6.07, 6.45) is 0.443. The molecule has 0 fully saturated rings. The predicted molar refractivity (Wildman–Crippen MR) is 80.1 cm³/mol. The van der Waals surface area contributed by atoms with E-state index in [-0.39, 0.29) is 11.9 Å². The van der Waals surface area contributed by atoms with Gasteiger partial charge in [0.15, 0.2) is 0 Å². The fraction of sp³-hybridized carbons (Fsp3) is 0.353. The van der Waals surface area contributed by atoms with Crippen molar-refractivity contribution in [2.75, 3.05) is 0 Å². The topological polar surface area (TPSA) is 29.1 Å². The number of benzene rings is 2. The number of carbonyl (C=O) groups excluding carboxylic acids is 1. The predicted octanol–water partition coefficient (Wildman–Crippen LogP) is 3.54. The van der Waals surface area contributed by atoms with Gasteiger partial charge in [-0.25, -0.2) is 0 Å². The van der Waals surface area contributed by atoms with E-state index in [0.717, 1.165) is 10.9 Å². The minimum absolute atomic E-state index is 0.0950. The van der Waals surface area contributed by atoms with Crippen molar-refractivity contribution >= 4 is 16.7 Å². The Morgan fingerprint density at radius 2 is 1.74 bits per heavy atom. The fourth-order valence-corrected chi connectivity index (χ4v) is 2.09. The Morgan fingerprint density at radius 1 is 1.05 bits per heavy atom. The van der Waals surface area contributed by atoms with Crippen molar-refractivity contribution in [3.63, 3.8) is 0 Å². The summed E-state index contributed by atoms with van der Waals surface area (Å²) in [5, 5.41) is 5.40. The van der Waals surface area contributed by atoms with Crippen molar-refractivity contribution in [3.8, 4) is 0 Å². The van der Waals surface area contributed by atoms with Crippen LogP contribution in [0.3, 0.4) is 0 Å². The van der Waals surface area contributed by atoms with Gasteiger partial charge in [-0.2, -0.15) is 0 Å². The second-order valence-electron chi connectivity index (χ2n) is 5.42. The second kappa shape index (κ2) is 5.87. The summed E-state index contributed by atoms with van der Waals surface area (Å²) in [6, 6.07) is 14.5. The average molecular weight is 255 g/mol. The molecule has 0 radical (unpaired) electrons. The standard InChI is InChI=1S/C17H21NO/c1-12(2)13(3)18-17(19)11-15-9-6-8-14-7-4-5-10-16(14)15/h4-10,12-13H,11H2,1-3H3,(H,18,19). The molecular formula is C17H21NO. The van der Waals surface area contributed by atoms with Crippen LogP contribution in [0.5, 0.6) is 0 Å². The van der Waals surface area contributed by atoms with E-state index in [1.165, 1.54) is 5.39 Å². The smallest absolute Gasteiger partial charge is 0.224 e. The minimum Gasteiger partial charge on any atom is -0.353 e. The van der Waals surface area contributed by atoms with E-state index in [1.807, 2.05) is 31.2 Å². The molecular weight excluding hydrogens is 234 g/mol. The maximum atomic E-state index is 12.1. The van der Waals surface area contributed by atoms with Crippen LogP contribution in [0.25, 0.3) is 10.8 Å². The highest BCUT2D eigenvalue weighted by atomic mass is 16.1. The third kappa shape index (κ3) is 3.34. The SMILES string of the molecule is CC(C)C(C)NC(=O)Cc1cccc2ccccc12. The van der Waals surface area contributed by atoms with E-state index in [1.54, 1.807) is 0 Å². The lowest BCUT2D eigenvalue weighted by Crippen LogP contribution is -2.37. The summed E-state index contributed by atoms with van der Waals surface area (Å²) in [6.45, 7) is 6.28. The third-order valence-corrected chi connectivity index (χ3v) is 3.62. The van der Waals surface area contributed by atoms with Crippen LogP contribution in [0.2, 0.25) is 0 Å². The molecule has 0 spiro atoms. The second-order valence-corrected chi connectivity index (χ2v) is 5.42. The van der Waals surface area contributed by atoms with Crippen LogP contribution in [0.1, 0.15) is 26.3 Å². The van der Waals surface area contributed by atoms with E-state index < -0.39 is 0 Å². The molecule has 0 aliphatic carbocycles. The van der Waals surface area contributed by atoms with Crippen molar-refractivity contribution in [1.82, 2.24) is 5.32 Å². The molecule has 2 aromatic carbocycles. The highest BCUT2D eigenvalue weighted by Gasteiger charge is 2.12. The highest BCUT2D eigenvalue weighted by molar-refractivity contribution is 5.90. The zero-order valence-electron chi connectivity index (χ0n) is 11.8. The summed E-state index contributed by atoms with van der Waals surface area (Å²) >= 11 is 0. The minimum atomic E-state index is 0.0950. The van der Waals surface area contributed by atoms with E-state index in [4.69, 9.17) is 0 Å². The molecule has 19 heavy (non-hydrogen) atoms. The number of hydrogen-bond donors (Lipinski definition) is 1. The van der Waals surface area contributed by atoms with Crippen LogP contribution in [0.4, 0.5) is 0 Å². The van der Waals surface area contributed by atoms with E-state index >= 15 is 0 Å². The molecule has 1 amide bonds. The zero-order chi connectivity index (χ0) is 13.8. The Balaban J connectivity index is 2.15. The molecule has 1 unspecified atom stereocenters. The normalized spacial score (nSPS) is 12.6. The van der Waals surface area contributed by atoms with Gasteiger partial charge < -0.3 is 5.32 Å². The Kier molecular flexibility index (Phi) is 4.20. The Hall–Kier alpha value is -1.83. The van der Waals surface area contributed by atoms with Crippen molar-refractivity contribution in [3.05, 3.63) is 48.0 Å². The van der Waals surface area contributed by atoms with Gasteiger partial charge >= 0.3 is 0 Å². The van der Waals surface area contributed by atoms with Crippen molar-refractivity contribution in [2.24, 2.45) is 5.92 Å². The fourth-order valence-electron chi connectivity index (χ4n) is 2.09. The molecule has 0 bridgehead atoms. The largest absolute Gasteiger partial charge is 0.353 e. The zero-order valence-corrected chi connectivity index (χ0v) is 11.8. The monoisotopic (exact) mass is 255 g/mol. The summed E-state index contributed by atoms with van der Waals surface area (Å²) in [5.41, 5.74) is 1.09. The maximum Gasteiger partial charge on any atom is 0.224 e. The molecule has 0 aromatic heterocycles. The van der Waals surface area contributed by atoms with Gasteiger partial charge in [-0.1, -0.05) is 56.3 Å². The molecule has 100 valence electrons. The number of hydrogen-bond acceptors (Lipinski definition) is 1. The van der Waals surface area contributed by atoms with Gasteiger partial charge in [0.2, 0.25) is 5.91 Å². The molecule has 2 heteroatoms.